The molecule has 2 rings (SSSR count). The summed E-state index contributed by atoms with van der Waals surface area (Å²) in [4.78, 5) is 42.1. The quantitative estimate of drug-likeness (QED) is 0.491. The summed E-state index contributed by atoms with van der Waals surface area (Å²) in [5, 5.41) is 6.95. The van der Waals surface area contributed by atoms with Gasteiger partial charge in [0, 0.05) is 41.7 Å². The zero-order chi connectivity index (χ0) is 24.1. The fraction of sp³-hybridized carbons (Fsp3) is 0.429. The topological polar surface area (TPSA) is 91.4 Å². The molecule has 12 heteroatoms. The minimum absolute atomic E-state index is 0. The van der Waals surface area contributed by atoms with Gasteiger partial charge in [-0.2, -0.15) is 13.2 Å². The Kier molecular flexibility index (Phi) is 10.5. The van der Waals surface area contributed by atoms with Crippen LogP contribution >= 0.6 is 23.7 Å². The van der Waals surface area contributed by atoms with Gasteiger partial charge in [0.2, 0.25) is 0 Å². The number of carbonyl (C=O) groups excluding carboxylic acids is 3. The highest BCUT2D eigenvalue weighted by molar-refractivity contribution is 7.14. The number of ketones is 1. The Labute approximate surface area is 200 Å². The average molecular weight is 507 g/mol. The first-order valence-electron chi connectivity index (χ1n) is 9.92. The average Bonchev–Trinajstić information content (AvgIpc) is 3.17. The van der Waals surface area contributed by atoms with Crippen LogP contribution in [0.5, 0.6) is 0 Å². The molecular weight excluding hydrogens is 481 g/mol. The van der Waals surface area contributed by atoms with E-state index in [1.165, 1.54) is 5.38 Å². The predicted molar refractivity (Wildman–Crippen MR) is 123 cm³/mol. The third kappa shape index (κ3) is 8.09. The number of alkyl halides is 3. The predicted octanol–water partition coefficient (Wildman–Crippen LogP) is 4.41. The molecule has 0 spiro atoms. The van der Waals surface area contributed by atoms with E-state index in [-0.39, 0.29) is 34.7 Å². The van der Waals surface area contributed by atoms with Crippen LogP contribution < -0.4 is 10.6 Å². The number of anilines is 1. The van der Waals surface area contributed by atoms with Crippen LogP contribution in [0, 0.1) is 0 Å². The number of aromatic nitrogens is 1. The molecule has 0 atom stereocenters. The third-order valence-electron chi connectivity index (χ3n) is 4.61. The summed E-state index contributed by atoms with van der Waals surface area (Å²) in [5.41, 5.74) is -0.361. The number of nitrogens with one attached hydrogen (secondary N) is 2. The van der Waals surface area contributed by atoms with E-state index in [1.807, 2.05) is 0 Å². The molecule has 1 aromatic heterocycles. The lowest BCUT2D eigenvalue weighted by atomic mass is 10.1. The number of rotatable bonds is 9. The minimum Gasteiger partial charge on any atom is -0.349 e. The van der Waals surface area contributed by atoms with Crippen molar-refractivity contribution in [1.82, 2.24) is 15.2 Å². The standard InChI is InChI=1S/C21H25F3N4O3S.ClH/c1-12(2)28(13(3)4)10-9-25-19(31)16-11-32-20(26-16)27-18(30)15-7-5-14(6-8-15)17(29)21(22,23)24;/h5-8,11-13H,9-10H2,1-4H3,(H,25,31)(H,26,27,30);1H. The van der Waals surface area contributed by atoms with Crippen LogP contribution in [-0.2, 0) is 0 Å². The zero-order valence-electron chi connectivity index (χ0n) is 18.5. The van der Waals surface area contributed by atoms with Crippen LogP contribution in [0.2, 0.25) is 0 Å². The molecular formula is C21H26ClF3N4O3S. The summed E-state index contributed by atoms with van der Waals surface area (Å²) < 4.78 is 37.4. The van der Waals surface area contributed by atoms with E-state index in [0.717, 1.165) is 35.6 Å². The normalized spacial score (nSPS) is 11.5. The van der Waals surface area contributed by atoms with Crippen molar-refractivity contribution in [2.24, 2.45) is 0 Å². The third-order valence-corrected chi connectivity index (χ3v) is 5.36. The second-order valence-electron chi connectivity index (χ2n) is 7.58. The van der Waals surface area contributed by atoms with Gasteiger partial charge in [0.15, 0.2) is 5.13 Å². The molecule has 0 aliphatic carbocycles. The van der Waals surface area contributed by atoms with Crippen LogP contribution in [0.4, 0.5) is 18.3 Å². The van der Waals surface area contributed by atoms with Gasteiger partial charge in [-0.25, -0.2) is 4.98 Å². The van der Waals surface area contributed by atoms with Crippen LogP contribution in [0.3, 0.4) is 0 Å². The lowest BCUT2D eigenvalue weighted by Gasteiger charge is -2.30. The monoisotopic (exact) mass is 506 g/mol. The maximum absolute atomic E-state index is 12.5. The van der Waals surface area contributed by atoms with Crippen molar-refractivity contribution >= 4 is 46.5 Å². The number of hydrogen-bond donors (Lipinski definition) is 2. The Morgan fingerprint density at radius 3 is 2.06 bits per heavy atom. The molecule has 1 heterocycles. The van der Waals surface area contributed by atoms with Crippen molar-refractivity contribution in [2.75, 3.05) is 18.4 Å². The van der Waals surface area contributed by atoms with Crippen molar-refractivity contribution < 1.29 is 27.6 Å². The number of nitrogens with zero attached hydrogens (tertiary/aromatic N) is 2. The van der Waals surface area contributed by atoms with E-state index in [2.05, 4.69) is 48.2 Å². The number of amides is 2. The number of Topliss-reactive ketones (excluding diaryl/α,β-unsaturated/α-hetero) is 1. The molecule has 1 aromatic carbocycles. The lowest BCUT2D eigenvalue weighted by Crippen LogP contribution is -2.42. The van der Waals surface area contributed by atoms with Crippen LogP contribution in [0.1, 0.15) is 58.9 Å². The summed E-state index contributed by atoms with van der Waals surface area (Å²) in [6, 6.07) is 4.78. The molecule has 0 saturated heterocycles. The van der Waals surface area contributed by atoms with Crippen molar-refractivity contribution in [3.63, 3.8) is 0 Å². The number of hydrogen-bond acceptors (Lipinski definition) is 6. The summed E-state index contributed by atoms with van der Waals surface area (Å²) in [6.07, 6.45) is -4.98. The number of thiazole rings is 1. The number of halogens is 4. The van der Waals surface area contributed by atoms with Gasteiger partial charge in [-0.3, -0.25) is 24.6 Å². The summed E-state index contributed by atoms with van der Waals surface area (Å²) >= 11 is 1.04. The van der Waals surface area contributed by atoms with E-state index in [1.54, 1.807) is 0 Å². The molecule has 2 N–H and O–H groups in total. The highest BCUT2D eigenvalue weighted by Crippen LogP contribution is 2.22. The van der Waals surface area contributed by atoms with Crippen LogP contribution in [0.15, 0.2) is 29.6 Å². The molecule has 0 aliphatic heterocycles. The molecule has 0 fully saturated rings. The largest absolute Gasteiger partial charge is 0.454 e. The SMILES string of the molecule is CC(C)N(CCNC(=O)c1csc(NC(=O)c2ccc(C(=O)C(F)(F)F)cc2)n1)C(C)C.Cl. The smallest absolute Gasteiger partial charge is 0.349 e. The van der Waals surface area contributed by atoms with E-state index < -0.39 is 23.4 Å². The first-order valence-corrected chi connectivity index (χ1v) is 10.8. The molecule has 0 bridgehead atoms. The number of carbonyl (C=O) groups is 3. The van der Waals surface area contributed by atoms with Crippen molar-refractivity contribution in [3.8, 4) is 0 Å². The summed E-state index contributed by atoms with van der Waals surface area (Å²) in [5.74, 6) is -2.98. The molecule has 2 aromatic rings. The molecule has 7 nitrogen and oxygen atoms in total. The Hall–Kier alpha value is -2.50. The van der Waals surface area contributed by atoms with Gasteiger partial charge < -0.3 is 5.32 Å². The van der Waals surface area contributed by atoms with E-state index in [4.69, 9.17) is 0 Å². The van der Waals surface area contributed by atoms with Crippen molar-refractivity contribution in [3.05, 3.63) is 46.5 Å². The molecule has 0 radical (unpaired) electrons. The van der Waals surface area contributed by atoms with E-state index >= 15 is 0 Å². The van der Waals surface area contributed by atoms with Gasteiger partial charge in [-0.15, -0.1) is 23.7 Å². The lowest BCUT2D eigenvalue weighted by molar-refractivity contribution is -0.0885. The fourth-order valence-corrected chi connectivity index (χ4v) is 3.73. The fourth-order valence-electron chi connectivity index (χ4n) is 3.04. The second-order valence-corrected chi connectivity index (χ2v) is 8.44. The van der Waals surface area contributed by atoms with Gasteiger partial charge in [0.05, 0.1) is 0 Å². The van der Waals surface area contributed by atoms with Gasteiger partial charge >= 0.3 is 6.18 Å². The minimum atomic E-state index is -4.98. The molecule has 182 valence electrons. The maximum atomic E-state index is 12.5. The molecule has 0 saturated carbocycles. The highest BCUT2D eigenvalue weighted by atomic mass is 35.5. The van der Waals surface area contributed by atoms with Crippen LogP contribution in [-0.4, -0.2) is 58.8 Å². The zero-order valence-corrected chi connectivity index (χ0v) is 20.2. The van der Waals surface area contributed by atoms with Gasteiger partial charge in [-0.1, -0.05) is 12.1 Å². The van der Waals surface area contributed by atoms with E-state index in [9.17, 15) is 27.6 Å². The van der Waals surface area contributed by atoms with E-state index in [0.29, 0.717) is 25.2 Å². The second kappa shape index (κ2) is 12.1. The first kappa shape index (κ1) is 28.5. The van der Waals surface area contributed by atoms with Gasteiger partial charge in [-0.05, 0) is 39.8 Å². The Bertz CT molecular complexity index is 954. The molecule has 0 aliphatic rings. The van der Waals surface area contributed by atoms with Crippen molar-refractivity contribution in [1.29, 1.82) is 0 Å². The van der Waals surface area contributed by atoms with Crippen molar-refractivity contribution in [2.45, 2.75) is 46.0 Å². The van der Waals surface area contributed by atoms with Gasteiger partial charge in [0.25, 0.3) is 17.6 Å². The Morgan fingerprint density at radius 2 is 1.55 bits per heavy atom. The summed E-state index contributed by atoms with van der Waals surface area (Å²) in [6.45, 7) is 9.45. The van der Waals surface area contributed by atoms with Gasteiger partial charge in [0.1, 0.15) is 5.69 Å². The molecule has 2 amide bonds. The molecule has 33 heavy (non-hydrogen) atoms. The van der Waals surface area contributed by atoms with Crippen LogP contribution in [0.25, 0.3) is 0 Å². The first-order chi connectivity index (χ1) is 14.9. The Balaban J connectivity index is 0.00000544. The Morgan fingerprint density at radius 1 is 1.00 bits per heavy atom. The number of benzene rings is 1. The molecule has 0 unspecified atom stereocenters. The highest BCUT2D eigenvalue weighted by Gasteiger charge is 2.39. The maximum Gasteiger partial charge on any atom is 0.454 e. The summed E-state index contributed by atoms with van der Waals surface area (Å²) in [7, 11) is 0.